The van der Waals surface area contributed by atoms with Gasteiger partial charge < -0.3 is 14.8 Å². The predicted molar refractivity (Wildman–Crippen MR) is 141 cm³/mol. The molecule has 1 unspecified atom stereocenters. The third-order valence-electron chi connectivity index (χ3n) is 6.61. The Hall–Kier alpha value is -3.92. The molecular formula is C27H28N4O5S. The second-order valence-corrected chi connectivity index (χ2v) is 11.3. The molecule has 192 valence electrons. The molecule has 1 aliphatic heterocycles. The number of fused-ring (bicyclic) bond motifs is 1. The van der Waals surface area contributed by atoms with Crippen LogP contribution in [0.4, 0.5) is 0 Å². The lowest BCUT2D eigenvalue weighted by Crippen LogP contribution is -2.23. The normalized spacial score (nSPS) is 16.6. The monoisotopic (exact) mass is 520 g/mol. The number of aromatic nitrogens is 3. The number of carbonyl (C=O) groups excluding carboxylic acids is 1. The SMILES string of the molecule is COc1ccc(CNC(=O)c2cc(-c3cccc(OC)c3)nc3c2c(C)nn3C2CCS(=O)(=O)C2)cc1. The van der Waals surface area contributed by atoms with Crippen molar-refractivity contribution in [2.24, 2.45) is 0 Å². The number of hydrogen-bond donors (Lipinski definition) is 1. The fourth-order valence-electron chi connectivity index (χ4n) is 4.67. The molecule has 2 aromatic carbocycles. The Morgan fingerprint density at radius 3 is 2.51 bits per heavy atom. The number of pyridine rings is 1. The standard InChI is InChI=1S/C27H28N4O5S/c1-17-25-23(27(32)28-15-18-7-9-21(35-2)10-8-18)14-24(19-5-4-6-22(13-19)36-3)29-26(25)31(30-17)20-11-12-37(33,34)16-20/h4-10,13-14,20H,11-12,15-16H2,1-3H3,(H,28,32). The lowest BCUT2D eigenvalue weighted by molar-refractivity contribution is 0.0952. The van der Waals surface area contributed by atoms with Gasteiger partial charge in [-0.2, -0.15) is 5.10 Å². The number of nitrogens with one attached hydrogen (secondary N) is 1. The smallest absolute Gasteiger partial charge is 0.252 e. The van der Waals surface area contributed by atoms with Crippen molar-refractivity contribution < 1.29 is 22.7 Å². The van der Waals surface area contributed by atoms with E-state index in [1.165, 1.54) is 0 Å². The number of sulfone groups is 1. The van der Waals surface area contributed by atoms with Crippen LogP contribution in [0.5, 0.6) is 11.5 Å². The fourth-order valence-corrected chi connectivity index (χ4v) is 6.36. The molecule has 1 saturated heterocycles. The molecule has 0 bridgehead atoms. The zero-order valence-corrected chi connectivity index (χ0v) is 21.7. The second kappa shape index (κ2) is 9.85. The van der Waals surface area contributed by atoms with Gasteiger partial charge in [0.1, 0.15) is 11.5 Å². The largest absolute Gasteiger partial charge is 0.497 e. The van der Waals surface area contributed by atoms with Crippen molar-refractivity contribution in [1.82, 2.24) is 20.1 Å². The van der Waals surface area contributed by atoms with Gasteiger partial charge in [0.05, 0.1) is 54.1 Å². The van der Waals surface area contributed by atoms with Crippen LogP contribution in [0.15, 0.2) is 54.6 Å². The van der Waals surface area contributed by atoms with E-state index in [-0.39, 0.29) is 23.5 Å². The summed E-state index contributed by atoms with van der Waals surface area (Å²) in [6, 6.07) is 16.3. The number of ether oxygens (including phenoxy) is 2. The summed E-state index contributed by atoms with van der Waals surface area (Å²) in [4.78, 5) is 18.4. The zero-order valence-electron chi connectivity index (χ0n) is 20.9. The third kappa shape index (κ3) is 5.01. The summed E-state index contributed by atoms with van der Waals surface area (Å²) in [6.45, 7) is 2.14. The first-order chi connectivity index (χ1) is 17.8. The molecule has 5 rings (SSSR count). The van der Waals surface area contributed by atoms with E-state index >= 15 is 0 Å². The van der Waals surface area contributed by atoms with E-state index in [9.17, 15) is 13.2 Å². The summed E-state index contributed by atoms with van der Waals surface area (Å²) >= 11 is 0. The maximum atomic E-state index is 13.5. The molecule has 0 radical (unpaired) electrons. The van der Waals surface area contributed by atoms with Crippen molar-refractivity contribution in [2.45, 2.75) is 25.9 Å². The van der Waals surface area contributed by atoms with Crippen LogP contribution in [0.2, 0.25) is 0 Å². The third-order valence-corrected chi connectivity index (χ3v) is 8.36. The number of amides is 1. The molecule has 0 spiro atoms. The molecule has 0 aliphatic carbocycles. The molecular weight excluding hydrogens is 492 g/mol. The van der Waals surface area contributed by atoms with E-state index in [2.05, 4.69) is 10.4 Å². The van der Waals surface area contributed by atoms with Crippen LogP contribution in [0.1, 0.15) is 34.1 Å². The van der Waals surface area contributed by atoms with Crippen LogP contribution in [0, 0.1) is 6.92 Å². The van der Waals surface area contributed by atoms with Gasteiger partial charge in [0.2, 0.25) is 0 Å². The van der Waals surface area contributed by atoms with Crippen molar-refractivity contribution in [3.05, 3.63) is 71.4 Å². The van der Waals surface area contributed by atoms with Crippen LogP contribution in [-0.2, 0) is 16.4 Å². The molecule has 1 aliphatic rings. The minimum absolute atomic E-state index is 0.00723. The molecule has 9 nitrogen and oxygen atoms in total. The van der Waals surface area contributed by atoms with Gasteiger partial charge in [-0.25, -0.2) is 18.1 Å². The highest BCUT2D eigenvalue weighted by Gasteiger charge is 2.32. The van der Waals surface area contributed by atoms with Gasteiger partial charge in [0.25, 0.3) is 5.91 Å². The van der Waals surface area contributed by atoms with Crippen molar-refractivity contribution in [1.29, 1.82) is 0 Å². The van der Waals surface area contributed by atoms with Crippen LogP contribution in [0.3, 0.4) is 0 Å². The van der Waals surface area contributed by atoms with Crippen LogP contribution >= 0.6 is 0 Å². The summed E-state index contributed by atoms with van der Waals surface area (Å²) in [5, 5.41) is 8.27. The van der Waals surface area contributed by atoms with Crippen molar-refractivity contribution in [2.75, 3.05) is 25.7 Å². The van der Waals surface area contributed by atoms with Gasteiger partial charge in [-0.05, 0) is 49.2 Å². The maximum Gasteiger partial charge on any atom is 0.252 e. The quantitative estimate of drug-likeness (QED) is 0.395. The van der Waals surface area contributed by atoms with E-state index in [0.717, 1.165) is 16.9 Å². The summed E-state index contributed by atoms with van der Waals surface area (Å²) in [7, 11) is 0.0576. The number of hydrogen-bond acceptors (Lipinski definition) is 7. The van der Waals surface area contributed by atoms with Crippen LogP contribution < -0.4 is 14.8 Å². The van der Waals surface area contributed by atoms with Crippen molar-refractivity contribution >= 4 is 26.8 Å². The molecule has 2 aromatic heterocycles. The van der Waals surface area contributed by atoms with Gasteiger partial charge in [-0.15, -0.1) is 0 Å². The minimum atomic E-state index is -3.14. The Morgan fingerprint density at radius 1 is 1.08 bits per heavy atom. The average Bonchev–Trinajstić information content (AvgIpc) is 3.45. The highest BCUT2D eigenvalue weighted by atomic mass is 32.2. The first kappa shape index (κ1) is 24.8. The molecule has 1 amide bonds. The highest BCUT2D eigenvalue weighted by Crippen LogP contribution is 2.33. The number of carbonyl (C=O) groups is 1. The van der Waals surface area contributed by atoms with E-state index in [4.69, 9.17) is 14.5 Å². The number of methoxy groups -OCH3 is 2. The van der Waals surface area contributed by atoms with E-state index in [0.29, 0.717) is 46.7 Å². The zero-order chi connectivity index (χ0) is 26.2. The molecule has 0 saturated carbocycles. The van der Waals surface area contributed by atoms with Gasteiger partial charge >= 0.3 is 0 Å². The van der Waals surface area contributed by atoms with Crippen molar-refractivity contribution in [3.63, 3.8) is 0 Å². The predicted octanol–water partition coefficient (Wildman–Crippen LogP) is 3.71. The number of benzene rings is 2. The summed E-state index contributed by atoms with van der Waals surface area (Å²) in [5.74, 6) is 1.26. The fraction of sp³-hybridized carbons (Fsp3) is 0.296. The Labute approximate surface area is 215 Å². The number of aryl methyl sites for hydroxylation is 1. The highest BCUT2D eigenvalue weighted by molar-refractivity contribution is 7.91. The molecule has 1 fully saturated rings. The lowest BCUT2D eigenvalue weighted by Gasteiger charge is -2.13. The van der Waals surface area contributed by atoms with Gasteiger partial charge in [-0.1, -0.05) is 24.3 Å². The van der Waals surface area contributed by atoms with Crippen LogP contribution in [0.25, 0.3) is 22.3 Å². The van der Waals surface area contributed by atoms with E-state index in [1.807, 2.05) is 55.5 Å². The number of nitrogens with zero attached hydrogens (tertiary/aromatic N) is 3. The van der Waals surface area contributed by atoms with E-state index in [1.54, 1.807) is 25.0 Å². The minimum Gasteiger partial charge on any atom is -0.497 e. The maximum absolute atomic E-state index is 13.5. The molecule has 3 heterocycles. The lowest BCUT2D eigenvalue weighted by atomic mass is 10.0. The Balaban J connectivity index is 1.58. The molecule has 1 atom stereocenters. The van der Waals surface area contributed by atoms with Gasteiger partial charge in [0.15, 0.2) is 15.5 Å². The van der Waals surface area contributed by atoms with Gasteiger partial charge in [0, 0.05) is 12.1 Å². The summed E-state index contributed by atoms with van der Waals surface area (Å²) in [6.07, 6.45) is 0.461. The van der Waals surface area contributed by atoms with Gasteiger partial charge in [-0.3, -0.25) is 4.79 Å². The summed E-state index contributed by atoms with van der Waals surface area (Å²) < 4.78 is 36.7. The number of rotatable bonds is 7. The Bertz CT molecular complexity index is 1580. The second-order valence-electron chi connectivity index (χ2n) is 9.10. The Kier molecular flexibility index (Phi) is 6.59. The Morgan fingerprint density at radius 2 is 1.84 bits per heavy atom. The topological polar surface area (TPSA) is 112 Å². The van der Waals surface area contributed by atoms with E-state index < -0.39 is 9.84 Å². The summed E-state index contributed by atoms with van der Waals surface area (Å²) in [5.41, 5.74) is 3.82. The van der Waals surface area contributed by atoms with Crippen molar-refractivity contribution in [3.8, 4) is 22.8 Å². The molecule has 1 N–H and O–H groups in total. The molecule has 37 heavy (non-hydrogen) atoms. The molecule has 10 heteroatoms. The van der Waals surface area contributed by atoms with Crippen LogP contribution in [-0.4, -0.2) is 54.8 Å². The molecule has 4 aromatic rings. The first-order valence-electron chi connectivity index (χ1n) is 11.9. The average molecular weight is 521 g/mol. The first-order valence-corrected chi connectivity index (χ1v) is 13.8.